The first-order valence-electron chi connectivity index (χ1n) is 5.27. The molecular weight excluding hydrogens is 190 g/mol. The van der Waals surface area contributed by atoms with Gasteiger partial charge in [0.2, 0.25) is 0 Å². The van der Waals surface area contributed by atoms with Gasteiger partial charge >= 0.3 is 0 Å². The van der Waals surface area contributed by atoms with E-state index in [2.05, 4.69) is 16.3 Å². The van der Waals surface area contributed by atoms with E-state index in [-0.39, 0.29) is 0 Å². The van der Waals surface area contributed by atoms with Crippen LogP contribution < -0.4 is 0 Å². The summed E-state index contributed by atoms with van der Waals surface area (Å²) < 4.78 is 7.36. The van der Waals surface area contributed by atoms with Crippen LogP contribution in [0.15, 0.2) is 24.7 Å². The summed E-state index contributed by atoms with van der Waals surface area (Å²) in [7, 11) is 0. The lowest BCUT2D eigenvalue weighted by molar-refractivity contribution is 0.181. The summed E-state index contributed by atoms with van der Waals surface area (Å²) in [5.41, 5.74) is 0.969. The molecule has 3 rings (SSSR count). The van der Waals surface area contributed by atoms with E-state index in [0.717, 1.165) is 37.1 Å². The SMILES string of the molecule is c1cc2cn(CC3CCOC3)nc2cn1. The number of aromatic nitrogens is 3. The molecule has 0 spiro atoms. The van der Waals surface area contributed by atoms with Gasteiger partial charge in [0.15, 0.2) is 0 Å². The van der Waals surface area contributed by atoms with Crippen molar-refractivity contribution in [1.29, 1.82) is 0 Å². The Morgan fingerprint density at radius 3 is 3.33 bits per heavy atom. The molecule has 78 valence electrons. The van der Waals surface area contributed by atoms with Crippen molar-refractivity contribution >= 4 is 10.9 Å². The Morgan fingerprint density at radius 2 is 2.53 bits per heavy atom. The Morgan fingerprint density at radius 1 is 1.53 bits per heavy atom. The molecule has 0 bridgehead atoms. The van der Waals surface area contributed by atoms with Gasteiger partial charge in [0.25, 0.3) is 0 Å². The predicted octanol–water partition coefficient (Wildman–Crippen LogP) is 1.47. The third-order valence-corrected chi connectivity index (χ3v) is 2.83. The van der Waals surface area contributed by atoms with Crippen molar-refractivity contribution < 1.29 is 4.74 Å². The molecule has 2 aromatic rings. The molecule has 0 amide bonds. The Hall–Kier alpha value is -1.42. The molecule has 0 N–H and O–H groups in total. The van der Waals surface area contributed by atoms with Gasteiger partial charge in [-0.2, -0.15) is 5.10 Å². The third-order valence-electron chi connectivity index (χ3n) is 2.83. The van der Waals surface area contributed by atoms with Gasteiger partial charge in [0, 0.05) is 36.8 Å². The second-order valence-corrected chi connectivity index (χ2v) is 4.02. The van der Waals surface area contributed by atoms with Crippen LogP contribution in [0.2, 0.25) is 0 Å². The Kier molecular flexibility index (Phi) is 2.14. The number of pyridine rings is 1. The van der Waals surface area contributed by atoms with Crippen LogP contribution in [0.25, 0.3) is 10.9 Å². The van der Waals surface area contributed by atoms with Crippen molar-refractivity contribution in [2.24, 2.45) is 5.92 Å². The van der Waals surface area contributed by atoms with Crippen LogP contribution in [0.4, 0.5) is 0 Å². The van der Waals surface area contributed by atoms with Gasteiger partial charge in [0.1, 0.15) is 5.52 Å². The Bertz CT molecular complexity index is 427. The van der Waals surface area contributed by atoms with Gasteiger partial charge in [-0.1, -0.05) is 0 Å². The van der Waals surface area contributed by atoms with Gasteiger partial charge in [-0.05, 0) is 12.5 Å². The second-order valence-electron chi connectivity index (χ2n) is 4.02. The second kappa shape index (κ2) is 3.62. The van der Waals surface area contributed by atoms with E-state index in [4.69, 9.17) is 4.74 Å². The van der Waals surface area contributed by atoms with E-state index in [1.165, 1.54) is 0 Å². The fraction of sp³-hybridized carbons (Fsp3) is 0.455. The smallest absolute Gasteiger partial charge is 0.111 e. The molecule has 0 aliphatic carbocycles. The highest BCUT2D eigenvalue weighted by molar-refractivity contribution is 5.76. The molecule has 15 heavy (non-hydrogen) atoms. The zero-order chi connectivity index (χ0) is 10.1. The lowest BCUT2D eigenvalue weighted by atomic mass is 10.1. The van der Waals surface area contributed by atoms with Crippen molar-refractivity contribution in [3.8, 4) is 0 Å². The Balaban J connectivity index is 1.84. The normalized spacial score (nSPS) is 21.2. The summed E-state index contributed by atoms with van der Waals surface area (Å²) in [4.78, 5) is 4.06. The highest BCUT2D eigenvalue weighted by atomic mass is 16.5. The van der Waals surface area contributed by atoms with Gasteiger partial charge in [0.05, 0.1) is 12.8 Å². The molecule has 1 aliphatic heterocycles. The van der Waals surface area contributed by atoms with Gasteiger partial charge in [-0.15, -0.1) is 0 Å². The molecule has 1 fully saturated rings. The monoisotopic (exact) mass is 203 g/mol. The van der Waals surface area contributed by atoms with E-state index in [1.54, 1.807) is 12.4 Å². The zero-order valence-corrected chi connectivity index (χ0v) is 8.47. The quantitative estimate of drug-likeness (QED) is 0.742. The standard InChI is InChI=1S/C11H13N3O/c1-3-12-5-11-10(1)7-14(13-11)6-9-2-4-15-8-9/h1,3,5,7,9H,2,4,6,8H2. The van der Waals surface area contributed by atoms with Crippen LogP contribution in [0.1, 0.15) is 6.42 Å². The lowest BCUT2D eigenvalue weighted by Crippen LogP contribution is -2.10. The third kappa shape index (κ3) is 1.72. The molecule has 1 unspecified atom stereocenters. The van der Waals surface area contributed by atoms with Crippen LogP contribution in [-0.2, 0) is 11.3 Å². The molecule has 2 aromatic heterocycles. The Labute approximate surface area is 87.9 Å². The van der Waals surface area contributed by atoms with Gasteiger partial charge < -0.3 is 4.74 Å². The van der Waals surface area contributed by atoms with Crippen LogP contribution in [0, 0.1) is 5.92 Å². The summed E-state index contributed by atoms with van der Waals surface area (Å²) in [5.74, 6) is 0.618. The molecule has 4 nitrogen and oxygen atoms in total. The highest BCUT2D eigenvalue weighted by Gasteiger charge is 2.16. The number of fused-ring (bicyclic) bond motifs is 1. The summed E-state index contributed by atoms with van der Waals surface area (Å²) in [5, 5.41) is 5.63. The fourth-order valence-corrected chi connectivity index (χ4v) is 2.00. The maximum Gasteiger partial charge on any atom is 0.111 e. The number of hydrogen-bond acceptors (Lipinski definition) is 3. The zero-order valence-electron chi connectivity index (χ0n) is 8.47. The van der Waals surface area contributed by atoms with Crippen molar-refractivity contribution in [2.75, 3.05) is 13.2 Å². The molecule has 3 heterocycles. The van der Waals surface area contributed by atoms with E-state index in [9.17, 15) is 0 Å². The summed E-state index contributed by atoms with van der Waals surface area (Å²) in [6.07, 6.45) is 6.83. The van der Waals surface area contributed by atoms with E-state index < -0.39 is 0 Å². The number of nitrogens with zero attached hydrogens (tertiary/aromatic N) is 3. The first-order chi connectivity index (χ1) is 7.42. The minimum Gasteiger partial charge on any atom is -0.381 e. The van der Waals surface area contributed by atoms with Crippen LogP contribution in [0.5, 0.6) is 0 Å². The number of rotatable bonds is 2. The number of ether oxygens (including phenoxy) is 1. The molecule has 0 aromatic carbocycles. The predicted molar refractivity (Wildman–Crippen MR) is 56.5 cm³/mol. The van der Waals surface area contributed by atoms with E-state index in [1.807, 2.05) is 10.7 Å². The van der Waals surface area contributed by atoms with Gasteiger partial charge in [-0.3, -0.25) is 9.67 Å². The van der Waals surface area contributed by atoms with E-state index >= 15 is 0 Å². The fourth-order valence-electron chi connectivity index (χ4n) is 2.00. The largest absolute Gasteiger partial charge is 0.381 e. The minimum absolute atomic E-state index is 0.618. The van der Waals surface area contributed by atoms with E-state index in [0.29, 0.717) is 5.92 Å². The van der Waals surface area contributed by atoms with Crippen molar-refractivity contribution in [2.45, 2.75) is 13.0 Å². The molecule has 0 saturated carbocycles. The summed E-state index contributed by atoms with van der Waals surface area (Å²) in [6, 6.07) is 1.99. The average molecular weight is 203 g/mol. The topological polar surface area (TPSA) is 39.9 Å². The summed E-state index contributed by atoms with van der Waals surface area (Å²) >= 11 is 0. The van der Waals surface area contributed by atoms with Crippen LogP contribution in [-0.4, -0.2) is 28.0 Å². The van der Waals surface area contributed by atoms with Crippen LogP contribution in [0.3, 0.4) is 0 Å². The van der Waals surface area contributed by atoms with Crippen molar-refractivity contribution in [1.82, 2.24) is 14.8 Å². The molecule has 1 saturated heterocycles. The first kappa shape index (κ1) is 8.85. The molecule has 4 heteroatoms. The van der Waals surface area contributed by atoms with Crippen LogP contribution >= 0.6 is 0 Å². The van der Waals surface area contributed by atoms with Crippen molar-refractivity contribution in [3.05, 3.63) is 24.7 Å². The maximum atomic E-state index is 5.35. The van der Waals surface area contributed by atoms with Crippen molar-refractivity contribution in [3.63, 3.8) is 0 Å². The van der Waals surface area contributed by atoms with Gasteiger partial charge in [-0.25, -0.2) is 0 Å². The first-order valence-corrected chi connectivity index (χ1v) is 5.27. The minimum atomic E-state index is 0.618. The molecule has 1 atom stereocenters. The maximum absolute atomic E-state index is 5.35. The number of hydrogen-bond donors (Lipinski definition) is 0. The summed E-state index contributed by atoms with van der Waals surface area (Å²) in [6.45, 7) is 2.72. The highest BCUT2D eigenvalue weighted by Crippen LogP contribution is 2.16. The molecular formula is C11H13N3O. The average Bonchev–Trinajstić information content (AvgIpc) is 2.86. The molecule has 0 radical (unpaired) electrons. The molecule has 1 aliphatic rings. The lowest BCUT2D eigenvalue weighted by Gasteiger charge is -2.06.